The summed E-state index contributed by atoms with van der Waals surface area (Å²) in [4.78, 5) is 42.3. The number of carbonyl (C=O) groups is 3. The Labute approximate surface area is 189 Å². The predicted molar refractivity (Wildman–Crippen MR) is 121 cm³/mol. The smallest absolute Gasteiger partial charge is 0.323 e. The fourth-order valence-corrected chi connectivity index (χ4v) is 4.34. The van der Waals surface area contributed by atoms with E-state index in [1.807, 2.05) is 42.5 Å². The number of urea groups is 1. The van der Waals surface area contributed by atoms with Crippen molar-refractivity contribution in [1.29, 1.82) is 0 Å². The van der Waals surface area contributed by atoms with E-state index < -0.39 is 36.2 Å². The molecule has 1 heterocycles. The highest BCUT2D eigenvalue weighted by Crippen LogP contribution is 2.33. The molecule has 6 nitrogen and oxygen atoms in total. The summed E-state index contributed by atoms with van der Waals surface area (Å²) in [5.74, 6) is -1.41. The van der Waals surface area contributed by atoms with E-state index in [0.29, 0.717) is 11.4 Å². The summed E-state index contributed by atoms with van der Waals surface area (Å²) in [7, 11) is 0. The Morgan fingerprint density at radius 1 is 0.969 bits per heavy atom. The summed E-state index contributed by atoms with van der Waals surface area (Å²) in [6.45, 7) is 1.16. The fraction of sp³-hybridized carbons (Fsp3) is 0.125. The van der Waals surface area contributed by atoms with Gasteiger partial charge in [0.25, 0.3) is 5.91 Å². The molecule has 1 aliphatic rings. The monoisotopic (exact) mass is 449 g/mol. The molecule has 0 aromatic heterocycles. The van der Waals surface area contributed by atoms with Crippen molar-refractivity contribution in [3.05, 3.63) is 84.7 Å². The third-order valence-corrected chi connectivity index (χ3v) is 6.07. The quantitative estimate of drug-likeness (QED) is 0.551. The van der Waals surface area contributed by atoms with Crippen LogP contribution in [0.15, 0.2) is 88.7 Å². The summed E-state index contributed by atoms with van der Waals surface area (Å²) in [6.07, 6.45) is 0. The number of anilines is 2. The SMILES string of the molecule is CC1C(=O)N(CC(=O)Nc2ccccc2Sc2ccccc2)C(=O)N1c1ccc(F)cc1. The van der Waals surface area contributed by atoms with Crippen LogP contribution >= 0.6 is 11.8 Å². The lowest BCUT2D eigenvalue weighted by atomic mass is 10.2. The highest BCUT2D eigenvalue weighted by Gasteiger charge is 2.44. The van der Waals surface area contributed by atoms with E-state index in [9.17, 15) is 18.8 Å². The second-order valence-electron chi connectivity index (χ2n) is 7.19. The maximum atomic E-state index is 13.2. The third-order valence-electron chi connectivity index (χ3n) is 4.99. The molecular weight excluding hydrogens is 429 g/mol. The van der Waals surface area contributed by atoms with E-state index >= 15 is 0 Å². The van der Waals surface area contributed by atoms with Crippen LogP contribution in [-0.2, 0) is 9.59 Å². The van der Waals surface area contributed by atoms with Crippen molar-refractivity contribution in [2.45, 2.75) is 22.8 Å². The lowest BCUT2D eigenvalue weighted by Gasteiger charge is -2.19. The van der Waals surface area contributed by atoms with Gasteiger partial charge in [-0.2, -0.15) is 0 Å². The van der Waals surface area contributed by atoms with Crippen molar-refractivity contribution >= 4 is 41.0 Å². The molecule has 0 bridgehead atoms. The van der Waals surface area contributed by atoms with Gasteiger partial charge in [-0.1, -0.05) is 42.1 Å². The topological polar surface area (TPSA) is 69.7 Å². The molecule has 0 saturated carbocycles. The van der Waals surface area contributed by atoms with Gasteiger partial charge in [-0.15, -0.1) is 0 Å². The van der Waals surface area contributed by atoms with Gasteiger partial charge in [-0.25, -0.2) is 9.18 Å². The van der Waals surface area contributed by atoms with Crippen molar-refractivity contribution in [2.24, 2.45) is 0 Å². The van der Waals surface area contributed by atoms with Gasteiger partial charge in [0.1, 0.15) is 18.4 Å². The van der Waals surface area contributed by atoms with Gasteiger partial charge in [0, 0.05) is 15.5 Å². The van der Waals surface area contributed by atoms with Crippen LogP contribution in [0.5, 0.6) is 0 Å². The first kappa shape index (κ1) is 21.6. The largest absolute Gasteiger partial charge is 0.332 e. The molecule has 0 aliphatic carbocycles. The maximum Gasteiger partial charge on any atom is 0.332 e. The van der Waals surface area contributed by atoms with E-state index in [4.69, 9.17) is 0 Å². The molecule has 1 N–H and O–H groups in total. The number of carbonyl (C=O) groups excluding carboxylic acids is 3. The number of rotatable bonds is 6. The first-order valence-corrected chi connectivity index (χ1v) is 10.8. The maximum absolute atomic E-state index is 13.2. The zero-order valence-electron chi connectivity index (χ0n) is 17.2. The Kier molecular flexibility index (Phi) is 6.23. The highest BCUT2D eigenvalue weighted by molar-refractivity contribution is 7.99. The molecule has 1 fully saturated rings. The van der Waals surface area contributed by atoms with E-state index in [0.717, 1.165) is 14.7 Å². The highest BCUT2D eigenvalue weighted by atomic mass is 32.2. The Balaban J connectivity index is 1.47. The van der Waals surface area contributed by atoms with Gasteiger partial charge < -0.3 is 5.32 Å². The first-order valence-electron chi connectivity index (χ1n) is 9.96. The molecule has 1 unspecified atom stereocenters. The second kappa shape index (κ2) is 9.23. The first-order chi connectivity index (χ1) is 15.4. The predicted octanol–water partition coefficient (Wildman–Crippen LogP) is 4.77. The van der Waals surface area contributed by atoms with Crippen molar-refractivity contribution in [3.63, 3.8) is 0 Å². The van der Waals surface area contributed by atoms with E-state index in [2.05, 4.69) is 5.32 Å². The van der Waals surface area contributed by atoms with E-state index in [-0.39, 0.29) is 0 Å². The second-order valence-corrected chi connectivity index (χ2v) is 8.30. The number of nitrogens with one attached hydrogen (secondary N) is 1. The Bertz CT molecular complexity index is 1150. The summed E-state index contributed by atoms with van der Waals surface area (Å²) in [5.41, 5.74) is 0.985. The molecule has 1 saturated heterocycles. The van der Waals surface area contributed by atoms with Gasteiger partial charge in [0.05, 0.1) is 5.69 Å². The fourth-order valence-electron chi connectivity index (χ4n) is 3.41. The van der Waals surface area contributed by atoms with E-state index in [1.165, 1.54) is 40.9 Å². The van der Waals surface area contributed by atoms with Crippen molar-refractivity contribution < 1.29 is 18.8 Å². The number of halogens is 1. The van der Waals surface area contributed by atoms with Gasteiger partial charge in [-0.3, -0.25) is 19.4 Å². The van der Waals surface area contributed by atoms with Crippen LogP contribution in [0.25, 0.3) is 0 Å². The Hall–Kier alpha value is -3.65. The summed E-state index contributed by atoms with van der Waals surface area (Å²) in [5, 5.41) is 2.80. The average molecular weight is 450 g/mol. The molecule has 0 spiro atoms. The minimum Gasteiger partial charge on any atom is -0.323 e. The number of amides is 4. The molecular formula is C24H20FN3O3S. The number of imide groups is 1. The molecule has 32 heavy (non-hydrogen) atoms. The van der Waals surface area contributed by atoms with Crippen molar-refractivity contribution in [3.8, 4) is 0 Å². The summed E-state index contributed by atoms with van der Waals surface area (Å²) < 4.78 is 13.2. The van der Waals surface area contributed by atoms with Crippen LogP contribution in [0, 0.1) is 5.82 Å². The van der Waals surface area contributed by atoms with Crippen LogP contribution in [0.2, 0.25) is 0 Å². The third kappa shape index (κ3) is 4.50. The molecule has 3 aromatic carbocycles. The zero-order valence-corrected chi connectivity index (χ0v) is 18.0. The Morgan fingerprint density at radius 3 is 2.34 bits per heavy atom. The Morgan fingerprint density at radius 2 is 1.62 bits per heavy atom. The standard InChI is InChI=1S/C24H20FN3O3S/c1-16-23(30)27(24(31)28(16)18-13-11-17(25)12-14-18)15-22(29)26-20-9-5-6-10-21(20)32-19-7-3-2-4-8-19/h2-14,16H,15H2,1H3,(H,26,29). The number of benzene rings is 3. The molecule has 1 atom stereocenters. The minimum absolute atomic E-state index is 0.393. The van der Waals surface area contributed by atoms with Crippen LogP contribution in [-0.4, -0.2) is 35.3 Å². The normalized spacial score (nSPS) is 15.9. The number of hydrogen-bond donors (Lipinski definition) is 1. The van der Waals surface area contributed by atoms with Crippen LogP contribution in [0.4, 0.5) is 20.6 Å². The van der Waals surface area contributed by atoms with Crippen molar-refractivity contribution in [2.75, 3.05) is 16.8 Å². The molecule has 4 amide bonds. The molecule has 1 aliphatic heterocycles. The van der Waals surface area contributed by atoms with Gasteiger partial charge in [0.2, 0.25) is 5.91 Å². The van der Waals surface area contributed by atoms with Gasteiger partial charge in [-0.05, 0) is 55.5 Å². The molecule has 4 rings (SSSR count). The van der Waals surface area contributed by atoms with Crippen LogP contribution < -0.4 is 10.2 Å². The number of nitrogens with zero attached hydrogens (tertiary/aromatic N) is 2. The van der Waals surface area contributed by atoms with Crippen LogP contribution in [0.1, 0.15) is 6.92 Å². The van der Waals surface area contributed by atoms with Gasteiger partial charge >= 0.3 is 6.03 Å². The average Bonchev–Trinajstić information content (AvgIpc) is 3.00. The minimum atomic E-state index is -0.790. The van der Waals surface area contributed by atoms with Crippen LogP contribution in [0.3, 0.4) is 0 Å². The van der Waals surface area contributed by atoms with Gasteiger partial charge in [0.15, 0.2) is 0 Å². The van der Waals surface area contributed by atoms with Crippen molar-refractivity contribution in [1.82, 2.24) is 4.90 Å². The number of para-hydroxylation sites is 1. The molecule has 3 aromatic rings. The summed E-state index contributed by atoms with van der Waals surface area (Å²) in [6, 6.07) is 20.9. The molecule has 0 radical (unpaired) electrons. The summed E-state index contributed by atoms with van der Waals surface area (Å²) >= 11 is 1.50. The zero-order chi connectivity index (χ0) is 22.7. The van der Waals surface area contributed by atoms with E-state index in [1.54, 1.807) is 19.1 Å². The lowest BCUT2D eigenvalue weighted by molar-refractivity contribution is -0.130. The molecule has 162 valence electrons. The number of hydrogen-bond acceptors (Lipinski definition) is 4. The molecule has 8 heteroatoms. The lowest BCUT2D eigenvalue weighted by Crippen LogP contribution is -2.39.